The minimum absolute atomic E-state index is 0.301. The van der Waals surface area contributed by atoms with Crippen LogP contribution in [0.5, 0.6) is 0 Å². The number of aromatic nitrogens is 3. The van der Waals surface area contributed by atoms with Crippen LogP contribution in [0, 0.1) is 11.3 Å². The summed E-state index contributed by atoms with van der Waals surface area (Å²) in [6.45, 7) is 5.56. The van der Waals surface area contributed by atoms with Crippen LogP contribution in [0.1, 0.15) is 44.0 Å². The molecule has 1 aliphatic rings. The number of pyridine rings is 1. The van der Waals surface area contributed by atoms with E-state index in [9.17, 15) is 5.26 Å². The molecule has 0 amide bonds. The van der Waals surface area contributed by atoms with Gasteiger partial charge in [0, 0.05) is 28.9 Å². The van der Waals surface area contributed by atoms with E-state index < -0.39 is 5.41 Å². The van der Waals surface area contributed by atoms with E-state index in [1.807, 2.05) is 6.07 Å². The van der Waals surface area contributed by atoms with Gasteiger partial charge >= 0.3 is 0 Å². The molecule has 0 saturated carbocycles. The van der Waals surface area contributed by atoms with Crippen LogP contribution in [-0.2, 0) is 10.2 Å². The first-order valence-electron chi connectivity index (χ1n) is 10.6. The number of nitriles is 1. The molecule has 1 saturated heterocycles. The van der Waals surface area contributed by atoms with Gasteiger partial charge in [0.1, 0.15) is 5.82 Å². The third kappa shape index (κ3) is 3.58. The van der Waals surface area contributed by atoms with Crippen molar-refractivity contribution in [1.82, 2.24) is 14.6 Å². The smallest absolute Gasteiger partial charge is 0.161 e. The maximum Gasteiger partial charge on any atom is 0.161 e. The summed E-state index contributed by atoms with van der Waals surface area (Å²) in [5.41, 5.74) is 2.65. The summed E-state index contributed by atoms with van der Waals surface area (Å²) in [6, 6.07) is 21.6. The molecule has 4 aromatic rings. The Balaban J connectivity index is 1.49. The van der Waals surface area contributed by atoms with Crippen LogP contribution < -0.4 is 0 Å². The molecule has 156 valence electrons. The highest BCUT2D eigenvalue weighted by atomic mass is 32.2. The Hall–Kier alpha value is -2.88. The summed E-state index contributed by atoms with van der Waals surface area (Å²) < 4.78 is 7.65. The molecular weight excluding hydrogens is 404 g/mol. The van der Waals surface area contributed by atoms with E-state index in [4.69, 9.17) is 4.74 Å². The Bertz CT molecular complexity index is 1300. The van der Waals surface area contributed by atoms with Crippen LogP contribution in [0.2, 0.25) is 0 Å². The largest absolute Gasteiger partial charge is 0.381 e. The highest BCUT2D eigenvalue weighted by Crippen LogP contribution is 2.38. The van der Waals surface area contributed by atoms with Gasteiger partial charge in [-0.3, -0.25) is 4.40 Å². The molecule has 0 atom stereocenters. The molecule has 2 aromatic heterocycles. The molecule has 2 aromatic carbocycles. The summed E-state index contributed by atoms with van der Waals surface area (Å²) in [6.07, 6.45) is 1.50. The zero-order valence-electron chi connectivity index (χ0n) is 17.7. The fraction of sp³-hybridized carbons (Fsp3) is 0.320. The Kier molecular flexibility index (Phi) is 5.17. The molecule has 0 N–H and O–H groups in total. The Morgan fingerprint density at radius 1 is 1.03 bits per heavy atom. The molecule has 0 bridgehead atoms. The summed E-state index contributed by atoms with van der Waals surface area (Å²) in [4.78, 5) is 2.31. The van der Waals surface area contributed by atoms with Crippen molar-refractivity contribution >= 4 is 28.3 Å². The quantitative estimate of drug-likeness (QED) is 0.415. The number of hydrogen-bond acceptors (Lipinski definition) is 5. The van der Waals surface area contributed by atoms with Crippen LogP contribution in [0.25, 0.3) is 16.6 Å². The highest BCUT2D eigenvalue weighted by molar-refractivity contribution is 7.99. The summed E-state index contributed by atoms with van der Waals surface area (Å²) >= 11 is 1.73. The molecule has 1 aliphatic heterocycles. The van der Waals surface area contributed by atoms with Crippen LogP contribution in [0.4, 0.5) is 0 Å². The van der Waals surface area contributed by atoms with Crippen LogP contribution >= 0.6 is 11.8 Å². The third-order valence-electron chi connectivity index (χ3n) is 6.06. The fourth-order valence-electron chi connectivity index (χ4n) is 4.31. The van der Waals surface area contributed by atoms with Crippen LogP contribution in [0.15, 0.2) is 64.4 Å². The Morgan fingerprint density at radius 3 is 2.61 bits per heavy atom. The zero-order chi connectivity index (χ0) is 21.4. The van der Waals surface area contributed by atoms with Gasteiger partial charge in [-0.1, -0.05) is 37.7 Å². The molecule has 31 heavy (non-hydrogen) atoms. The molecule has 6 heteroatoms. The van der Waals surface area contributed by atoms with Gasteiger partial charge in [-0.25, -0.2) is 0 Å². The Morgan fingerprint density at radius 2 is 1.84 bits per heavy atom. The van der Waals surface area contributed by atoms with Gasteiger partial charge in [0.2, 0.25) is 0 Å². The average Bonchev–Trinajstić information content (AvgIpc) is 3.24. The number of hydrogen-bond donors (Lipinski definition) is 0. The minimum Gasteiger partial charge on any atom is -0.381 e. The lowest BCUT2D eigenvalue weighted by Crippen LogP contribution is -2.32. The van der Waals surface area contributed by atoms with Crippen LogP contribution in [0.3, 0.4) is 0 Å². The van der Waals surface area contributed by atoms with Crippen molar-refractivity contribution in [2.24, 2.45) is 0 Å². The first-order valence-corrected chi connectivity index (χ1v) is 11.5. The summed E-state index contributed by atoms with van der Waals surface area (Å²) in [5, 5.41) is 19.8. The van der Waals surface area contributed by atoms with Crippen molar-refractivity contribution in [3.05, 3.63) is 66.0 Å². The van der Waals surface area contributed by atoms with E-state index in [1.54, 1.807) is 11.8 Å². The van der Waals surface area contributed by atoms with Gasteiger partial charge in [-0.15, -0.1) is 10.2 Å². The van der Waals surface area contributed by atoms with E-state index in [1.165, 1.54) is 4.90 Å². The van der Waals surface area contributed by atoms with E-state index in [0.717, 1.165) is 45.7 Å². The number of rotatable bonds is 4. The van der Waals surface area contributed by atoms with Gasteiger partial charge in [0.05, 0.1) is 17.0 Å². The molecule has 1 fully saturated rings. The standard InChI is InChI=1S/C25H24N4OS/c1-17(2)24-28-27-23-9-6-18-14-21(7-8-22(18)29(23)24)31-20-5-3-4-19(15-20)25(16-26)10-12-30-13-11-25/h3-9,14-15,17H,10-13H2,1-2H3. The second-order valence-corrected chi connectivity index (χ2v) is 9.54. The van der Waals surface area contributed by atoms with Gasteiger partial charge in [-0.05, 0) is 66.3 Å². The first kappa shape index (κ1) is 20.0. The molecule has 0 spiro atoms. The van der Waals surface area contributed by atoms with E-state index in [2.05, 4.69) is 83.0 Å². The second-order valence-electron chi connectivity index (χ2n) is 8.40. The molecular formula is C25H24N4OS. The zero-order valence-corrected chi connectivity index (χ0v) is 18.5. The average molecular weight is 429 g/mol. The van der Waals surface area contributed by atoms with Crippen molar-refractivity contribution in [1.29, 1.82) is 5.26 Å². The monoisotopic (exact) mass is 428 g/mol. The number of nitrogens with zero attached hydrogens (tertiary/aromatic N) is 4. The third-order valence-corrected chi connectivity index (χ3v) is 7.04. The van der Waals surface area contributed by atoms with Gasteiger partial charge in [0.15, 0.2) is 5.65 Å². The molecule has 0 unspecified atom stereocenters. The molecule has 5 rings (SSSR count). The number of benzene rings is 2. The van der Waals surface area contributed by atoms with Crippen molar-refractivity contribution < 1.29 is 4.74 Å². The normalized spacial score (nSPS) is 16.1. The lowest BCUT2D eigenvalue weighted by Gasteiger charge is -2.31. The van der Waals surface area contributed by atoms with Gasteiger partial charge in [0.25, 0.3) is 0 Å². The lowest BCUT2D eigenvalue weighted by molar-refractivity contribution is 0.0675. The van der Waals surface area contributed by atoms with Crippen molar-refractivity contribution in [2.75, 3.05) is 13.2 Å². The summed E-state index contributed by atoms with van der Waals surface area (Å²) in [5.74, 6) is 1.28. The molecule has 5 nitrogen and oxygen atoms in total. The van der Waals surface area contributed by atoms with Gasteiger partial charge < -0.3 is 4.74 Å². The van der Waals surface area contributed by atoms with E-state index in [-0.39, 0.29) is 0 Å². The lowest BCUT2D eigenvalue weighted by atomic mass is 9.75. The predicted octanol–water partition coefficient (Wildman–Crippen LogP) is 5.73. The second kappa shape index (κ2) is 7.99. The maximum absolute atomic E-state index is 9.90. The Labute approximate surface area is 186 Å². The van der Waals surface area contributed by atoms with Crippen molar-refractivity contribution in [2.45, 2.75) is 47.8 Å². The van der Waals surface area contributed by atoms with Crippen LogP contribution in [-0.4, -0.2) is 27.8 Å². The molecule has 0 radical (unpaired) electrons. The number of fused-ring (bicyclic) bond motifs is 3. The van der Waals surface area contributed by atoms with E-state index in [0.29, 0.717) is 19.1 Å². The van der Waals surface area contributed by atoms with Gasteiger partial charge in [-0.2, -0.15) is 5.26 Å². The molecule has 0 aliphatic carbocycles. The number of ether oxygens (including phenoxy) is 1. The topological polar surface area (TPSA) is 63.2 Å². The summed E-state index contributed by atoms with van der Waals surface area (Å²) in [7, 11) is 0. The highest BCUT2D eigenvalue weighted by Gasteiger charge is 2.34. The predicted molar refractivity (Wildman–Crippen MR) is 122 cm³/mol. The van der Waals surface area contributed by atoms with E-state index >= 15 is 0 Å². The van der Waals surface area contributed by atoms with Crippen molar-refractivity contribution in [3.8, 4) is 6.07 Å². The molecule has 3 heterocycles. The van der Waals surface area contributed by atoms with Crippen molar-refractivity contribution in [3.63, 3.8) is 0 Å². The SMILES string of the molecule is CC(C)c1nnc2ccc3cc(Sc4cccc(C5(C#N)CCOCC5)c4)ccc3n12. The maximum atomic E-state index is 9.90. The fourth-order valence-corrected chi connectivity index (χ4v) is 5.24. The minimum atomic E-state index is -0.439. The first-order chi connectivity index (χ1) is 15.1.